The normalized spacial score (nSPS) is 25.5. The minimum atomic E-state index is -0.630. The number of methoxy groups -OCH3 is 1. The Morgan fingerprint density at radius 2 is 2.09 bits per heavy atom. The molecule has 1 fully saturated rings. The zero-order valence-electron chi connectivity index (χ0n) is 14.3. The fraction of sp³-hybridized carbons (Fsp3) is 0.625. The second kappa shape index (κ2) is 5.88. The van der Waals surface area contributed by atoms with Gasteiger partial charge in [-0.15, -0.1) is 0 Å². The highest BCUT2D eigenvalue weighted by atomic mass is 16.5. The Labute approximate surface area is 136 Å². The molecule has 1 aliphatic rings. The van der Waals surface area contributed by atoms with Crippen LogP contribution in [-0.4, -0.2) is 42.6 Å². The first kappa shape index (κ1) is 17.3. The number of urea groups is 1. The molecule has 2 atom stereocenters. The molecule has 0 radical (unpaired) electrons. The van der Waals surface area contributed by atoms with Gasteiger partial charge in [0.15, 0.2) is 5.76 Å². The number of amides is 3. The highest BCUT2D eigenvalue weighted by Gasteiger charge is 2.59. The maximum atomic E-state index is 12.3. The molecule has 2 rings (SSSR count). The van der Waals surface area contributed by atoms with Gasteiger partial charge in [0.25, 0.3) is 5.91 Å². The zero-order chi connectivity index (χ0) is 17.4. The van der Waals surface area contributed by atoms with Gasteiger partial charge in [0, 0.05) is 25.6 Å². The van der Waals surface area contributed by atoms with Crippen molar-refractivity contribution in [1.29, 1.82) is 0 Å². The minimum Gasteiger partial charge on any atom is -0.454 e. The lowest BCUT2D eigenvalue weighted by Crippen LogP contribution is -2.69. The molecule has 7 heteroatoms. The Bertz CT molecular complexity index is 610. The number of ether oxygens (including phenoxy) is 1. The van der Waals surface area contributed by atoms with E-state index in [0.29, 0.717) is 5.76 Å². The predicted molar refractivity (Wildman–Crippen MR) is 84.8 cm³/mol. The van der Waals surface area contributed by atoms with Crippen molar-refractivity contribution in [2.24, 2.45) is 11.1 Å². The first-order valence-electron chi connectivity index (χ1n) is 7.56. The second-order valence-corrected chi connectivity index (χ2v) is 6.78. The van der Waals surface area contributed by atoms with E-state index in [1.165, 1.54) is 6.07 Å². The van der Waals surface area contributed by atoms with Gasteiger partial charge in [-0.3, -0.25) is 4.79 Å². The van der Waals surface area contributed by atoms with Gasteiger partial charge in [-0.2, -0.15) is 0 Å². The Balaban J connectivity index is 1.92. The highest BCUT2D eigenvalue weighted by Crippen LogP contribution is 2.53. The van der Waals surface area contributed by atoms with Crippen LogP contribution in [0, 0.1) is 5.41 Å². The summed E-state index contributed by atoms with van der Waals surface area (Å²) in [6.07, 6.45) is 0.785. The summed E-state index contributed by atoms with van der Waals surface area (Å²) in [4.78, 5) is 25.0. The van der Waals surface area contributed by atoms with Crippen molar-refractivity contribution in [3.8, 4) is 0 Å². The largest absolute Gasteiger partial charge is 0.454 e. The van der Waals surface area contributed by atoms with Crippen molar-refractivity contribution in [2.45, 2.75) is 45.4 Å². The van der Waals surface area contributed by atoms with E-state index in [4.69, 9.17) is 14.9 Å². The third-order valence-electron chi connectivity index (χ3n) is 5.34. The number of primary amides is 1. The number of furan rings is 1. The van der Waals surface area contributed by atoms with Crippen molar-refractivity contribution in [3.05, 3.63) is 23.7 Å². The molecule has 0 bridgehead atoms. The van der Waals surface area contributed by atoms with E-state index >= 15 is 0 Å². The molecule has 3 N–H and O–H groups in total. The van der Waals surface area contributed by atoms with Gasteiger partial charge in [0.2, 0.25) is 0 Å². The van der Waals surface area contributed by atoms with Gasteiger partial charge in [0.05, 0.1) is 12.1 Å². The topological polar surface area (TPSA) is 97.8 Å². The summed E-state index contributed by atoms with van der Waals surface area (Å²) in [7, 11) is 3.47. The van der Waals surface area contributed by atoms with Crippen LogP contribution in [0.5, 0.6) is 0 Å². The number of carbonyl (C=O) groups excluding carboxylic acids is 2. The molecule has 1 saturated carbocycles. The first-order valence-corrected chi connectivity index (χ1v) is 7.56. The van der Waals surface area contributed by atoms with Crippen LogP contribution in [-0.2, 0) is 11.3 Å². The Kier molecular flexibility index (Phi) is 4.43. The van der Waals surface area contributed by atoms with E-state index in [9.17, 15) is 9.59 Å². The van der Waals surface area contributed by atoms with Crippen LogP contribution in [0.25, 0.3) is 0 Å². The molecule has 1 aliphatic carbocycles. The van der Waals surface area contributed by atoms with Gasteiger partial charge < -0.3 is 25.1 Å². The summed E-state index contributed by atoms with van der Waals surface area (Å²) in [6.45, 7) is 6.45. The summed E-state index contributed by atoms with van der Waals surface area (Å²) < 4.78 is 10.8. The number of nitrogens with two attached hydrogens (primary N) is 1. The summed E-state index contributed by atoms with van der Waals surface area (Å²) in [5.74, 6) is -0.0662. The molecule has 23 heavy (non-hydrogen) atoms. The lowest BCUT2D eigenvalue weighted by Gasteiger charge is -2.61. The molecule has 0 aromatic carbocycles. The molecule has 2 unspecified atom stereocenters. The molecule has 0 spiro atoms. The third-order valence-corrected chi connectivity index (χ3v) is 5.34. The molecular formula is C16H25N3O4. The lowest BCUT2D eigenvalue weighted by molar-refractivity contribution is -0.198. The quantitative estimate of drug-likeness (QED) is 0.862. The van der Waals surface area contributed by atoms with Crippen LogP contribution in [0.1, 0.15) is 43.5 Å². The number of nitrogens with one attached hydrogen (secondary N) is 1. The first-order chi connectivity index (χ1) is 10.6. The van der Waals surface area contributed by atoms with E-state index in [2.05, 4.69) is 26.1 Å². The maximum Gasteiger partial charge on any atom is 0.317 e. The van der Waals surface area contributed by atoms with E-state index < -0.39 is 5.91 Å². The van der Waals surface area contributed by atoms with E-state index in [0.717, 1.165) is 6.42 Å². The van der Waals surface area contributed by atoms with Crippen molar-refractivity contribution >= 4 is 11.9 Å². The summed E-state index contributed by atoms with van der Waals surface area (Å²) in [5, 5.41) is 2.78. The number of rotatable bonds is 5. The average molecular weight is 323 g/mol. The average Bonchev–Trinajstić information content (AvgIpc) is 2.98. The fourth-order valence-electron chi connectivity index (χ4n) is 3.11. The van der Waals surface area contributed by atoms with Crippen molar-refractivity contribution in [2.75, 3.05) is 14.2 Å². The molecule has 7 nitrogen and oxygen atoms in total. The number of nitrogens with zero attached hydrogens (tertiary/aromatic N) is 1. The van der Waals surface area contributed by atoms with Gasteiger partial charge in [0.1, 0.15) is 5.76 Å². The van der Waals surface area contributed by atoms with Crippen LogP contribution in [0.4, 0.5) is 4.79 Å². The standard InChI is InChI=1S/C16H25N3O4/c1-15(2)12(8-16(15,3)22-5)19(4)14(21)18-9-10-6-7-11(23-10)13(17)20/h6-7,12H,8-9H2,1-5H3,(H2,17,20)(H,18,21). The van der Waals surface area contributed by atoms with Crippen LogP contribution in [0.2, 0.25) is 0 Å². The number of hydrogen-bond acceptors (Lipinski definition) is 4. The summed E-state index contributed by atoms with van der Waals surface area (Å²) in [5.41, 5.74) is 4.75. The molecule has 0 aliphatic heterocycles. The maximum absolute atomic E-state index is 12.3. The highest BCUT2D eigenvalue weighted by molar-refractivity contribution is 5.89. The lowest BCUT2D eigenvalue weighted by atomic mass is 9.55. The number of carbonyl (C=O) groups is 2. The van der Waals surface area contributed by atoms with Crippen molar-refractivity contribution in [3.63, 3.8) is 0 Å². The third kappa shape index (κ3) is 2.93. The Morgan fingerprint density at radius 3 is 2.57 bits per heavy atom. The van der Waals surface area contributed by atoms with Crippen LogP contribution >= 0.6 is 0 Å². The minimum absolute atomic E-state index is 0.0820. The van der Waals surface area contributed by atoms with Crippen LogP contribution < -0.4 is 11.1 Å². The molecule has 1 aromatic rings. The second-order valence-electron chi connectivity index (χ2n) is 6.78. The number of hydrogen-bond donors (Lipinski definition) is 2. The fourth-order valence-corrected chi connectivity index (χ4v) is 3.11. The zero-order valence-corrected chi connectivity index (χ0v) is 14.3. The van der Waals surface area contributed by atoms with Gasteiger partial charge in [-0.25, -0.2) is 4.79 Å². The predicted octanol–water partition coefficient (Wildman–Crippen LogP) is 1.72. The van der Waals surface area contributed by atoms with Crippen molar-refractivity contribution in [1.82, 2.24) is 10.2 Å². The summed E-state index contributed by atoms with van der Waals surface area (Å²) in [6, 6.07) is 3.01. The molecule has 128 valence electrons. The van der Waals surface area contributed by atoms with Gasteiger partial charge >= 0.3 is 6.03 Å². The molecule has 3 amide bonds. The van der Waals surface area contributed by atoms with Gasteiger partial charge in [-0.1, -0.05) is 13.8 Å². The SMILES string of the molecule is COC1(C)CC(N(C)C(=O)NCc2ccc(C(N)=O)o2)C1(C)C. The van der Waals surface area contributed by atoms with Gasteiger partial charge in [-0.05, 0) is 25.5 Å². The van der Waals surface area contributed by atoms with E-state index in [1.807, 2.05) is 0 Å². The molecule has 1 heterocycles. The van der Waals surface area contributed by atoms with Crippen LogP contribution in [0.3, 0.4) is 0 Å². The molecular weight excluding hydrogens is 298 g/mol. The summed E-state index contributed by atoms with van der Waals surface area (Å²) >= 11 is 0. The molecule has 1 aromatic heterocycles. The monoisotopic (exact) mass is 323 g/mol. The van der Waals surface area contributed by atoms with E-state index in [1.54, 1.807) is 25.1 Å². The smallest absolute Gasteiger partial charge is 0.317 e. The Morgan fingerprint density at radius 1 is 1.43 bits per heavy atom. The Hall–Kier alpha value is -2.02. The molecule has 0 saturated heterocycles. The van der Waals surface area contributed by atoms with Crippen molar-refractivity contribution < 1.29 is 18.7 Å². The van der Waals surface area contributed by atoms with E-state index in [-0.39, 0.29) is 35.4 Å². The van der Waals surface area contributed by atoms with Crippen LogP contribution in [0.15, 0.2) is 16.5 Å².